The minimum atomic E-state index is 0.782. The second-order valence-corrected chi connectivity index (χ2v) is 5.10. The highest BCUT2D eigenvalue weighted by atomic mass is 32.1. The monoisotopic (exact) mass is 269 g/mol. The fourth-order valence-electron chi connectivity index (χ4n) is 2.27. The summed E-state index contributed by atoms with van der Waals surface area (Å²) in [5, 5.41) is 0. The molecule has 0 saturated heterocycles. The molecule has 1 N–H and O–H groups in total. The highest BCUT2D eigenvalue weighted by molar-refractivity contribution is 7.71. The van der Waals surface area contributed by atoms with E-state index in [0.29, 0.717) is 0 Å². The molecule has 0 aliphatic carbocycles. The van der Waals surface area contributed by atoms with E-state index in [1.807, 2.05) is 12.3 Å². The Morgan fingerprint density at radius 1 is 1.32 bits per heavy atom. The normalized spacial score (nSPS) is 11.0. The van der Waals surface area contributed by atoms with Crippen LogP contribution >= 0.6 is 12.2 Å². The van der Waals surface area contributed by atoms with Crippen molar-refractivity contribution in [3.63, 3.8) is 0 Å². The third-order valence-electron chi connectivity index (χ3n) is 3.28. The number of pyridine rings is 1. The van der Waals surface area contributed by atoms with Gasteiger partial charge in [-0.1, -0.05) is 12.1 Å². The minimum absolute atomic E-state index is 0.782. The highest BCUT2D eigenvalue weighted by Crippen LogP contribution is 2.16. The molecule has 1 aromatic carbocycles. The zero-order valence-corrected chi connectivity index (χ0v) is 11.6. The number of imidazole rings is 1. The molecule has 3 rings (SSSR count). The van der Waals surface area contributed by atoms with Gasteiger partial charge < -0.3 is 9.55 Å². The number of H-pyrrole nitrogens is 1. The van der Waals surface area contributed by atoms with Crippen molar-refractivity contribution in [1.82, 2.24) is 14.5 Å². The van der Waals surface area contributed by atoms with Gasteiger partial charge in [0.05, 0.1) is 11.0 Å². The van der Waals surface area contributed by atoms with Crippen LogP contribution in [0.25, 0.3) is 11.0 Å². The van der Waals surface area contributed by atoms with Gasteiger partial charge in [-0.05, 0) is 54.9 Å². The van der Waals surface area contributed by atoms with Crippen molar-refractivity contribution in [2.24, 2.45) is 0 Å². The van der Waals surface area contributed by atoms with Gasteiger partial charge in [-0.2, -0.15) is 0 Å². The number of nitrogens with one attached hydrogen (secondary N) is 1. The lowest BCUT2D eigenvalue weighted by Gasteiger charge is -2.05. The molecule has 0 bridgehead atoms. The molecule has 96 valence electrons. The lowest BCUT2D eigenvalue weighted by molar-refractivity contribution is 0.705. The van der Waals surface area contributed by atoms with Crippen LogP contribution < -0.4 is 0 Å². The van der Waals surface area contributed by atoms with Crippen LogP contribution in [0.2, 0.25) is 0 Å². The van der Waals surface area contributed by atoms with E-state index in [4.69, 9.17) is 12.2 Å². The van der Waals surface area contributed by atoms with Gasteiger partial charge in [0.1, 0.15) is 0 Å². The zero-order valence-electron chi connectivity index (χ0n) is 10.8. The molecule has 3 aromatic rings. The molecule has 4 heteroatoms. The van der Waals surface area contributed by atoms with Gasteiger partial charge in [-0.25, -0.2) is 0 Å². The van der Waals surface area contributed by atoms with Crippen LogP contribution in [0.1, 0.15) is 11.1 Å². The zero-order chi connectivity index (χ0) is 13.2. The highest BCUT2D eigenvalue weighted by Gasteiger charge is 2.04. The number of aryl methyl sites for hydroxylation is 3. The van der Waals surface area contributed by atoms with Gasteiger partial charge in [0.15, 0.2) is 4.77 Å². The summed E-state index contributed by atoms with van der Waals surface area (Å²) in [6.45, 7) is 2.97. The maximum atomic E-state index is 5.40. The van der Waals surface area contributed by atoms with E-state index in [9.17, 15) is 0 Å². The topological polar surface area (TPSA) is 33.6 Å². The maximum absolute atomic E-state index is 5.40. The van der Waals surface area contributed by atoms with E-state index in [0.717, 1.165) is 23.3 Å². The summed E-state index contributed by atoms with van der Waals surface area (Å²) in [7, 11) is 0. The van der Waals surface area contributed by atoms with Crippen molar-refractivity contribution in [3.05, 3.63) is 58.6 Å². The lowest BCUT2D eigenvalue weighted by atomic mass is 10.2. The SMILES string of the molecule is Cc1ccc2[nH]c(=S)n(CCc3cccnc3)c2c1. The number of benzene rings is 1. The Balaban J connectivity index is 1.94. The summed E-state index contributed by atoms with van der Waals surface area (Å²) in [5.41, 5.74) is 4.75. The molecule has 2 aromatic heterocycles. The van der Waals surface area contributed by atoms with Gasteiger partial charge in [0.25, 0.3) is 0 Å². The first kappa shape index (κ1) is 12.1. The first-order valence-corrected chi connectivity index (χ1v) is 6.73. The number of fused-ring (bicyclic) bond motifs is 1. The van der Waals surface area contributed by atoms with Gasteiger partial charge >= 0.3 is 0 Å². The fraction of sp³-hybridized carbons (Fsp3) is 0.200. The number of aromatic nitrogens is 3. The van der Waals surface area contributed by atoms with Gasteiger partial charge in [-0.15, -0.1) is 0 Å². The molecule has 3 nitrogen and oxygen atoms in total. The van der Waals surface area contributed by atoms with E-state index < -0.39 is 0 Å². The molecule has 0 aliphatic rings. The minimum Gasteiger partial charge on any atom is -0.331 e. The van der Waals surface area contributed by atoms with Crippen LogP contribution in [0.15, 0.2) is 42.7 Å². The molecular formula is C15H15N3S. The van der Waals surface area contributed by atoms with Gasteiger partial charge in [0.2, 0.25) is 0 Å². The number of hydrogen-bond donors (Lipinski definition) is 1. The average molecular weight is 269 g/mol. The largest absolute Gasteiger partial charge is 0.331 e. The second kappa shape index (κ2) is 4.97. The quantitative estimate of drug-likeness (QED) is 0.736. The fourth-order valence-corrected chi connectivity index (χ4v) is 2.57. The Kier molecular flexibility index (Phi) is 3.17. The molecule has 0 spiro atoms. The Morgan fingerprint density at radius 3 is 3.00 bits per heavy atom. The molecule has 0 atom stereocenters. The number of aromatic amines is 1. The third-order valence-corrected chi connectivity index (χ3v) is 3.60. The third kappa shape index (κ3) is 2.44. The summed E-state index contributed by atoms with van der Waals surface area (Å²) in [5.74, 6) is 0. The Morgan fingerprint density at radius 2 is 2.21 bits per heavy atom. The summed E-state index contributed by atoms with van der Waals surface area (Å²) in [6.07, 6.45) is 4.64. The van der Waals surface area contributed by atoms with Crippen molar-refractivity contribution in [1.29, 1.82) is 0 Å². The van der Waals surface area contributed by atoms with E-state index in [2.05, 4.69) is 45.7 Å². The molecule has 0 amide bonds. The van der Waals surface area contributed by atoms with Crippen LogP contribution in [-0.2, 0) is 13.0 Å². The number of nitrogens with zero attached hydrogens (tertiary/aromatic N) is 2. The predicted molar refractivity (Wildman–Crippen MR) is 79.8 cm³/mol. The smallest absolute Gasteiger partial charge is 0.178 e. The Labute approximate surface area is 116 Å². The van der Waals surface area contributed by atoms with Crippen molar-refractivity contribution in [2.45, 2.75) is 19.9 Å². The second-order valence-electron chi connectivity index (χ2n) is 4.71. The van der Waals surface area contributed by atoms with Crippen molar-refractivity contribution < 1.29 is 0 Å². The lowest BCUT2D eigenvalue weighted by Crippen LogP contribution is -2.01. The molecule has 0 aliphatic heterocycles. The van der Waals surface area contributed by atoms with E-state index in [-0.39, 0.29) is 0 Å². The van der Waals surface area contributed by atoms with Crippen LogP contribution in [0, 0.1) is 11.7 Å². The summed E-state index contributed by atoms with van der Waals surface area (Å²) in [6, 6.07) is 10.4. The standard InChI is InChI=1S/C15H15N3S/c1-11-4-5-13-14(9-11)18(15(19)17-13)8-6-12-3-2-7-16-10-12/h2-5,7,9-10H,6,8H2,1H3,(H,17,19). The summed E-state index contributed by atoms with van der Waals surface area (Å²) in [4.78, 5) is 7.39. The van der Waals surface area contributed by atoms with Crippen LogP contribution in [-0.4, -0.2) is 14.5 Å². The van der Waals surface area contributed by atoms with Crippen molar-refractivity contribution in [2.75, 3.05) is 0 Å². The van der Waals surface area contributed by atoms with Crippen molar-refractivity contribution in [3.8, 4) is 0 Å². The van der Waals surface area contributed by atoms with Crippen LogP contribution in [0.4, 0.5) is 0 Å². The Bertz CT molecular complexity index is 756. The first-order valence-electron chi connectivity index (χ1n) is 6.32. The van der Waals surface area contributed by atoms with Crippen molar-refractivity contribution >= 4 is 23.3 Å². The molecular weight excluding hydrogens is 254 g/mol. The molecule has 0 saturated carbocycles. The van der Waals surface area contributed by atoms with E-state index in [1.54, 1.807) is 6.20 Å². The summed E-state index contributed by atoms with van der Waals surface area (Å²) >= 11 is 5.40. The van der Waals surface area contributed by atoms with E-state index in [1.165, 1.54) is 16.6 Å². The molecule has 0 radical (unpaired) electrons. The maximum Gasteiger partial charge on any atom is 0.178 e. The predicted octanol–water partition coefficient (Wildman–Crippen LogP) is 3.65. The Hall–Kier alpha value is -1.94. The molecule has 0 unspecified atom stereocenters. The first-order chi connectivity index (χ1) is 9.24. The number of hydrogen-bond acceptors (Lipinski definition) is 2. The summed E-state index contributed by atoms with van der Waals surface area (Å²) < 4.78 is 2.94. The van der Waals surface area contributed by atoms with Crippen LogP contribution in [0.3, 0.4) is 0 Å². The molecule has 19 heavy (non-hydrogen) atoms. The van der Waals surface area contributed by atoms with Gasteiger partial charge in [-0.3, -0.25) is 4.98 Å². The average Bonchev–Trinajstić information content (AvgIpc) is 2.73. The van der Waals surface area contributed by atoms with E-state index >= 15 is 0 Å². The molecule has 2 heterocycles. The van der Waals surface area contributed by atoms with Gasteiger partial charge in [0, 0.05) is 18.9 Å². The number of rotatable bonds is 3. The molecule has 0 fully saturated rings. The van der Waals surface area contributed by atoms with Crippen LogP contribution in [0.5, 0.6) is 0 Å².